The zero-order valence-electron chi connectivity index (χ0n) is 11.3. The normalized spacial score (nSPS) is 14.3. The van der Waals surface area contributed by atoms with Crippen LogP contribution in [0.25, 0.3) is 0 Å². The lowest BCUT2D eigenvalue weighted by Crippen LogP contribution is -2.32. The lowest BCUT2D eigenvalue weighted by molar-refractivity contribution is -0.138. The molecule has 0 aromatic heterocycles. The van der Waals surface area contributed by atoms with Crippen molar-refractivity contribution in [3.63, 3.8) is 0 Å². The molecule has 0 saturated carbocycles. The molecule has 0 bridgehead atoms. The number of aliphatic carboxylic acids is 1. The maximum atomic E-state index is 10.7. The van der Waals surface area contributed by atoms with Gasteiger partial charge in [0.1, 0.15) is 0 Å². The molecule has 2 atom stereocenters. The predicted molar refractivity (Wildman–Crippen MR) is 70.6 cm³/mol. The van der Waals surface area contributed by atoms with E-state index in [4.69, 9.17) is 10.8 Å². The lowest BCUT2D eigenvalue weighted by atomic mass is 9.88. The number of hydrogen-bond donors (Lipinski definition) is 3. The van der Waals surface area contributed by atoms with E-state index in [2.05, 4.69) is 6.07 Å². The van der Waals surface area contributed by atoms with Crippen LogP contribution in [0.5, 0.6) is 0 Å². The molecule has 0 aliphatic heterocycles. The van der Waals surface area contributed by atoms with Crippen LogP contribution >= 0.6 is 0 Å². The second-order valence-corrected chi connectivity index (χ2v) is 4.88. The van der Waals surface area contributed by atoms with E-state index in [-0.39, 0.29) is 6.42 Å². The molecule has 0 saturated heterocycles. The minimum Gasteiger partial charge on any atom is -0.481 e. The molecule has 2 unspecified atom stereocenters. The SMILES string of the molecule is Cc1cc(C)c(C)c(C(O)C(N)CC(=O)O)c1C. The van der Waals surface area contributed by atoms with Crippen molar-refractivity contribution in [1.82, 2.24) is 0 Å². The van der Waals surface area contributed by atoms with Gasteiger partial charge < -0.3 is 15.9 Å². The van der Waals surface area contributed by atoms with E-state index in [0.717, 1.165) is 27.8 Å². The van der Waals surface area contributed by atoms with Crippen LogP contribution in [-0.2, 0) is 4.79 Å². The molecule has 0 fully saturated rings. The van der Waals surface area contributed by atoms with E-state index < -0.39 is 18.1 Å². The highest BCUT2D eigenvalue weighted by Crippen LogP contribution is 2.29. The van der Waals surface area contributed by atoms with Gasteiger partial charge in [0.15, 0.2) is 0 Å². The summed E-state index contributed by atoms with van der Waals surface area (Å²) < 4.78 is 0. The summed E-state index contributed by atoms with van der Waals surface area (Å²) in [6, 6.07) is 1.27. The number of aliphatic hydroxyl groups excluding tert-OH is 1. The summed E-state index contributed by atoms with van der Waals surface area (Å²) in [6.45, 7) is 7.79. The van der Waals surface area contributed by atoms with Crippen LogP contribution in [0, 0.1) is 27.7 Å². The fourth-order valence-electron chi connectivity index (χ4n) is 2.22. The zero-order chi connectivity index (χ0) is 14.0. The van der Waals surface area contributed by atoms with Gasteiger partial charge in [-0.15, -0.1) is 0 Å². The standard InChI is InChI=1S/C14H21NO3/c1-7-5-8(2)10(4)13(9(7)3)14(18)11(15)6-12(16)17/h5,11,14,18H,6,15H2,1-4H3,(H,16,17). The third-order valence-electron chi connectivity index (χ3n) is 3.54. The average Bonchev–Trinajstić information content (AvgIpc) is 2.25. The summed E-state index contributed by atoms with van der Waals surface area (Å²) in [6.07, 6.45) is -1.19. The number of carbonyl (C=O) groups is 1. The average molecular weight is 251 g/mol. The van der Waals surface area contributed by atoms with Gasteiger partial charge >= 0.3 is 5.97 Å². The van der Waals surface area contributed by atoms with Gasteiger partial charge in [-0.3, -0.25) is 4.79 Å². The largest absolute Gasteiger partial charge is 0.481 e. The second kappa shape index (κ2) is 5.50. The maximum Gasteiger partial charge on any atom is 0.305 e. The van der Waals surface area contributed by atoms with Crippen molar-refractivity contribution in [3.05, 3.63) is 33.9 Å². The highest BCUT2D eigenvalue weighted by Gasteiger charge is 2.24. The third kappa shape index (κ3) is 2.89. The first-order chi connectivity index (χ1) is 8.25. The first-order valence-corrected chi connectivity index (χ1v) is 5.98. The number of aryl methyl sites for hydroxylation is 2. The van der Waals surface area contributed by atoms with Gasteiger partial charge in [0, 0.05) is 6.04 Å². The summed E-state index contributed by atoms with van der Waals surface area (Å²) >= 11 is 0. The molecule has 0 aliphatic rings. The molecule has 4 nitrogen and oxygen atoms in total. The van der Waals surface area contributed by atoms with Crippen LogP contribution in [0.2, 0.25) is 0 Å². The third-order valence-corrected chi connectivity index (χ3v) is 3.54. The molecule has 4 N–H and O–H groups in total. The van der Waals surface area contributed by atoms with E-state index in [1.165, 1.54) is 0 Å². The quantitative estimate of drug-likeness (QED) is 0.761. The van der Waals surface area contributed by atoms with E-state index in [0.29, 0.717) is 0 Å². The molecule has 0 radical (unpaired) electrons. The first kappa shape index (κ1) is 14.7. The van der Waals surface area contributed by atoms with Crippen molar-refractivity contribution in [3.8, 4) is 0 Å². The molecule has 1 rings (SSSR count). The topological polar surface area (TPSA) is 83.5 Å². The van der Waals surface area contributed by atoms with Crippen molar-refractivity contribution >= 4 is 5.97 Å². The Hall–Kier alpha value is -1.39. The van der Waals surface area contributed by atoms with Gasteiger partial charge in [-0.05, 0) is 55.5 Å². The molecule has 1 aromatic carbocycles. The summed E-state index contributed by atoms with van der Waals surface area (Å²) in [5.74, 6) is -0.999. The summed E-state index contributed by atoms with van der Waals surface area (Å²) in [5.41, 5.74) is 10.6. The molecular formula is C14H21NO3. The zero-order valence-corrected chi connectivity index (χ0v) is 11.3. The van der Waals surface area contributed by atoms with E-state index in [1.807, 2.05) is 27.7 Å². The molecule has 100 valence electrons. The van der Waals surface area contributed by atoms with Crippen molar-refractivity contribution in [2.75, 3.05) is 0 Å². The van der Waals surface area contributed by atoms with Gasteiger partial charge in [0.25, 0.3) is 0 Å². The predicted octanol–water partition coefficient (Wildman–Crippen LogP) is 1.76. The number of benzene rings is 1. The van der Waals surface area contributed by atoms with Crippen LogP contribution < -0.4 is 5.73 Å². The number of rotatable bonds is 4. The van der Waals surface area contributed by atoms with Crippen molar-refractivity contribution in [1.29, 1.82) is 0 Å². The number of carboxylic acids is 1. The van der Waals surface area contributed by atoms with Gasteiger partial charge in [-0.1, -0.05) is 6.07 Å². The second-order valence-electron chi connectivity index (χ2n) is 4.88. The molecule has 18 heavy (non-hydrogen) atoms. The molecular weight excluding hydrogens is 230 g/mol. The Morgan fingerprint density at radius 1 is 1.22 bits per heavy atom. The Morgan fingerprint density at radius 2 is 1.67 bits per heavy atom. The molecule has 0 aliphatic carbocycles. The first-order valence-electron chi connectivity index (χ1n) is 5.98. The summed E-state index contributed by atoms with van der Waals surface area (Å²) in [5, 5.41) is 19.0. The van der Waals surface area contributed by atoms with Crippen LogP contribution in [0.4, 0.5) is 0 Å². The lowest BCUT2D eigenvalue weighted by Gasteiger charge is -2.24. The number of aliphatic hydroxyl groups is 1. The minimum absolute atomic E-state index is 0.243. The van der Waals surface area contributed by atoms with E-state index >= 15 is 0 Å². The highest BCUT2D eigenvalue weighted by molar-refractivity contribution is 5.67. The number of carboxylic acid groups (broad SMARTS) is 1. The Bertz CT molecular complexity index is 442. The monoisotopic (exact) mass is 251 g/mol. The van der Waals surface area contributed by atoms with Crippen molar-refractivity contribution < 1.29 is 15.0 Å². The highest BCUT2D eigenvalue weighted by atomic mass is 16.4. The molecule has 0 spiro atoms. The fraction of sp³-hybridized carbons (Fsp3) is 0.500. The van der Waals surface area contributed by atoms with Gasteiger partial charge in [0.05, 0.1) is 12.5 Å². The Kier molecular flexibility index (Phi) is 4.48. The van der Waals surface area contributed by atoms with Crippen LogP contribution in [0.1, 0.15) is 40.3 Å². The van der Waals surface area contributed by atoms with Gasteiger partial charge in [-0.2, -0.15) is 0 Å². The molecule has 0 amide bonds. The number of hydrogen-bond acceptors (Lipinski definition) is 3. The summed E-state index contributed by atoms with van der Waals surface area (Å²) in [4.78, 5) is 10.7. The minimum atomic E-state index is -0.999. The van der Waals surface area contributed by atoms with Crippen LogP contribution in [-0.4, -0.2) is 22.2 Å². The van der Waals surface area contributed by atoms with Crippen LogP contribution in [0.3, 0.4) is 0 Å². The van der Waals surface area contributed by atoms with Crippen LogP contribution in [0.15, 0.2) is 6.07 Å². The van der Waals surface area contributed by atoms with E-state index in [1.54, 1.807) is 0 Å². The maximum absolute atomic E-state index is 10.7. The Labute approximate surface area is 107 Å². The molecule has 4 heteroatoms. The van der Waals surface area contributed by atoms with Gasteiger partial charge in [0.2, 0.25) is 0 Å². The number of nitrogens with two attached hydrogens (primary N) is 1. The molecule has 0 heterocycles. The molecule has 1 aromatic rings. The Balaban J connectivity index is 3.20. The summed E-state index contributed by atoms with van der Waals surface area (Å²) in [7, 11) is 0. The van der Waals surface area contributed by atoms with E-state index in [9.17, 15) is 9.90 Å². The smallest absolute Gasteiger partial charge is 0.305 e. The Morgan fingerprint density at radius 3 is 2.06 bits per heavy atom. The fourth-order valence-corrected chi connectivity index (χ4v) is 2.22. The van der Waals surface area contributed by atoms with Crippen molar-refractivity contribution in [2.45, 2.75) is 46.3 Å². The van der Waals surface area contributed by atoms with Gasteiger partial charge in [-0.25, -0.2) is 0 Å². The van der Waals surface area contributed by atoms with Crippen molar-refractivity contribution in [2.24, 2.45) is 5.73 Å².